The second-order valence-electron chi connectivity index (χ2n) is 2.55. The van der Waals surface area contributed by atoms with Crippen molar-refractivity contribution < 1.29 is 10.2 Å². The molecular formula is C10H12O2. The average Bonchev–Trinajstić information content (AvgIpc) is 2.07. The molecule has 0 radical (unpaired) electrons. The van der Waals surface area contributed by atoms with E-state index in [0.717, 1.165) is 6.42 Å². The van der Waals surface area contributed by atoms with Gasteiger partial charge in [-0.15, -0.1) is 0 Å². The van der Waals surface area contributed by atoms with Gasteiger partial charge >= 0.3 is 0 Å². The van der Waals surface area contributed by atoms with Crippen molar-refractivity contribution in [3.63, 3.8) is 0 Å². The lowest BCUT2D eigenvalue weighted by Crippen LogP contribution is -1.73. The Labute approximate surface area is 71.8 Å². The van der Waals surface area contributed by atoms with Crippen molar-refractivity contribution >= 4 is 6.08 Å². The summed E-state index contributed by atoms with van der Waals surface area (Å²) in [6.45, 7) is 2.01. The molecule has 0 amide bonds. The Kier molecular flexibility index (Phi) is 2.75. The minimum Gasteiger partial charge on any atom is -0.508 e. The van der Waals surface area contributed by atoms with Crippen LogP contribution >= 0.6 is 0 Å². The summed E-state index contributed by atoms with van der Waals surface area (Å²) in [4.78, 5) is 0. The summed E-state index contributed by atoms with van der Waals surface area (Å²) in [5.74, 6) is 0.362. The van der Waals surface area contributed by atoms with Crippen LogP contribution in [0.25, 0.3) is 6.08 Å². The van der Waals surface area contributed by atoms with Crippen LogP contribution in [0.1, 0.15) is 18.9 Å². The summed E-state index contributed by atoms with van der Waals surface area (Å²) in [7, 11) is 0. The van der Waals surface area contributed by atoms with Crippen LogP contribution in [0, 0.1) is 0 Å². The SMILES string of the molecule is CCC=Cc1cc(O)ccc1O. The molecule has 0 aliphatic rings. The second kappa shape index (κ2) is 3.81. The molecule has 0 aliphatic carbocycles. The van der Waals surface area contributed by atoms with E-state index in [1.165, 1.54) is 18.2 Å². The van der Waals surface area contributed by atoms with Gasteiger partial charge in [-0.25, -0.2) is 0 Å². The third kappa shape index (κ3) is 2.02. The van der Waals surface area contributed by atoms with Crippen LogP contribution in [0.5, 0.6) is 11.5 Å². The van der Waals surface area contributed by atoms with Crippen molar-refractivity contribution in [1.82, 2.24) is 0 Å². The van der Waals surface area contributed by atoms with Gasteiger partial charge in [-0.1, -0.05) is 19.1 Å². The molecule has 2 N–H and O–H groups in total. The zero-order valence-corrected chi connectivity index (χ0v) is 6.99. The Bertz CT molecular complexity index is 290. The Morgan fingerprint density at radius 1 is 1.33 bits per heavy atom. The van der Waals surface area contributed by atoms with Gasteiger partial charge in [0.15, 0.2) is 0 Å². The van der Waals surface area contributed by atoms with Crippen LogP contribution in [0.3, 0.4) is 0 Å². The highest BCUT2D eigenvalue weighted by Gasteiger charge is 1.96. The van der Waals surface area contributed by atoms with Gasteiger partial charge < -0.3 is 10.2 Å². The molecule has 1 aromatic carbocycles. The van der Waals surface area contributed by atoms with Gasteiger partial charge in [-0.3, -0.25) is 0 Å². The third-order valence-corrected chi connectivity index (χ3v) is 1.54. The highest BCUT2D eigenvalue weighted by molar-refractivity contribution is 5.58. The van der Waals surface area contributed by atoms with E-state index in [1.807, 2.05) is 13.0 Å². The van der Waals surface area contributed by atoms with Crippen LogP contribution in [0.2, 0.25) is 0 Å². The molecule has 0 spiro atoms. The second-order valence-corrected chi connectivity index (χ2v) is 2.55. The molecule has 0 saturated heterocycles. The van der Waals surface area contributed by atoms with Gasteiger partial charge in [-0.05, 0) is 24.6 Å². The highest BCUT2D eigenvalue weighted by atomic mass is 16.3. The number of hydrogen-bond acceptors (Lipinski definition) is 2. The lowest BCUT2D eigenvalue weighted by atomic mass is 10.1. The fourth-order valence-electron chi connectivity index (χ4n) is 0.920. The molecule has 0 saturated carbocycles. The summed E-state index contributed by atoms with van der Waals surface area (Å²) in [6.07, 6.45) is 4.62. The normalized spacial score (nSPS) is 10.8. The monoisotopic (exact) mass is 164 g/mol. The van der Waals surface area contributed by atoms with Crippen molar-refractivity contribution in [2.24, 2.45) is 0 Å². The summed E-state index contributed by atoms with van der Waals surface area (Å²) in [5, 5.41) is 18.4. The van der Waals surface area contributed by atoms with Crippen LogP contribution in [-0.2, 0) is 0 Å². The first-order chi connectivity index (χ1) is 5.74. The summed E-state index contributed by atoms with van der Waals surface area (Å²) in [6, 6.07) is 4.46. The summed E-state index contributed by atoms with van der Waals surface area (Å²) in [5.41, 5.74) is 0.650. The molecule has 0 bridgehead atoms. The van der Waals surface area contributed by atoms with Crippen LogP contribution in [-0.4, -0.2) is 10.2 Å². The Morgan fingerprint density at radius 2 is 2.08 bits per heavy atom. The van der Waals surface area contributed by atoms with Crippen molar-refractivity contribution in [3.8, 4) is 11.5 Å². The maximum atomic E-state index is 9.30. The van der Waals surface area contributed by atoms with E-state index >= 15 is 0 Å². The van der Waals surface area contributed by atoms with E-state index in [0.29, 0.717) is 5.56 Å². The lowest BCUT2D eigenvalue weighted by molar-refractivity contribution is 0.459. The van der Waals surface area contributed by atoms with Crippen molar-refractivity contribution in [3.05, 3.63) is 29.8 Å². The zero-order chi connectivity index (χ0) is 8.97. The zero-order valence-electron chi connectivity index (χ0n) is 6.99. The summed E-state index contributed by atoms with van der Waals surface area (Å²) >= 11 is 0. The van der Waals surface area contributed by atoms with Gasteiger partial charge in [0.1, 0.15) is 11.5 Å². The minimum absolute atomic E-state index is 0.170. The molecule has 64 valence electrons. The van der Waals surface area contributed by atoms with E-state index in [-0.39, 0.29) is 11.5 Å². The van der Waals surface area contributed by atoms with Crippen molar-refractivity contribution in [2.45, 2.75) is 13.3 Å². The lowest BCUT2D eigenvalue weighted by Gasteiger charge is -1.98. The van der Waals surface area contributed by atoms with Crippen molar-refractivity contribution in [1.29, 1.82) is 0 Å². The number of phenols is 2. The van der Waals surface area contributed by atoms with Crippen LogP contribution < -0.4 is 0 Å². The Hall–Kier alpha value is -1.44. The number of benzene rings is 1. The fourth-order valence-corrected chi connectivity index (χ4v) is 0.920. The fraction of sp³-hybridized carbons (Fsp3) is 0.200. The van der Waals surface area contributed by atoms with Gasteiger partial charge in [-0.2, -0.15) is 0 Å². The van der Waals surface area contributed by atoms with Crippen LogP contribution in [0.15, 0.2) is 24.3 Å². The summed E-state index contributed by atoms with van der Waals surface area (Å²) < 4.78 is 0. The molecule has 12 heavy (non-hydrogen) atoms. The number of allylic oxidation sites excluding steroid dienone is 1. The molecule has 0 fully saturated rings. The van der Waals surface area contributed by atoms with Gasteiger partial charge in [0.25, 0.3) is 0 Å². The molecule has 0 atom stereocenters. The first-order valence-corrected chi connectivity index (χ1v) is 3.92. The van der Waals surface area contributed by atoms with E-state index in [9.17, 15) is 5.11 Å². The molecule has 2 heteroatoms. The highest BCUT2D eigenvalue weighted by Crippen LogP contribution is 2.23. The quantitative estimate of drug-likeness (QED) is 0.659. The molecule has 0 unspecified atom stereocenters. The Balaban J connectivity index is 2.97. The van der Waals surface area contributed by atoms with E-state index < -0.39 is 0 Å². The molecule has 0 aromatic heterocycles. The predicted octanol–water partition coefficient (Wildman–Crippen LogP) is 2.52. The number of rotatable bonds is 2. The largest absolute Gasteiger partial charge is 0.508 e. The van der Waals surface area contributed by atoms with Gasteiger partial charge in [0, 0.05) is 5.56 Å². The van der Waals surface area contributed by atoms with Crippen molar-refractivity contribution in [2.75, 3.05) is 0 Å². The maximum Gasteiger partial charge on any atom is 0.123 e. The van der Waals surface area contributed by atoms with Gasteiger partial charge in [0.2, 0.25) is 0 Å². The molecular weight excluding hydrogens is 152 g/mol. The van der Waals surface area contributed by atoms with E-state index in [1.54, 1.807) is 6.08 Å². The topological polar surface area (TPSA) is 40.5 Å². The molecule has 1 rings (SSSR count). The molecule has 1 aromatic rings. The predicted molar refractivity (Wildman–Crippen MR) is 49.1 cm³/mol. The molecule has 0 heterocycles. The first kappa shape index (κ1) is 8.65. The number of aromatic hydroxyl groups is 2. The van der Waals surface area contributed by atoms with E-state index in [4.69, 9.17) is 5.11 Å². The first-order valence-electron chi connectivity index (χ1n) is 3.92. The average molecular weight is 164 g/mol. The molecule has 2 nitrogen and oxygen atoms in total. The standard InChI is InChI=1S/C10H12O2/c1-2-3-4-8-7-9(11)5-6-10(8)12/h3-7,11-12H,2H2,1H3. The Morgan fingerprint density at radius 3 is 2.75 bits per heavy atom. The number of hydrogen-bond donors (Lipinski definition) is 2. The minimum atomic E-state index is 0.170. The van der Waals surface area contributed by atoms with Gasteiger partial charge in [0.05, 0.1) is 0 Å². The smallest absolute Gasteiger partial charge is 0.123 e. The maximum absolute atomic E-state index is 9.30. The van der Waals surface area contributed by atoms with Crippen LogP contribution in [0.4, 0.5) is 0 Å². The number of phenolic OH excluding ortho intramolecular Hbond substituents is 2. The van der Waals surface area contributed by atoms with E-state index in [2.05, 4.69) is 0 Å². The molecule has 0 aliphatic heterocycles. The third-order valence-electron chi connectivity index (χ3n) is 1.54.